The number of hydrogen-bond acceptors (Lipinski definition) is 7. The highest BCUT2D eigenvalue weighted by Gasteiger charge is 2.45. The summed E-state index contributed by atoms with van der Waals surface area (Å²) >= 11 is 1.42. The van der Waals surface area contributed by atoms with E-state index in [0.717, 1.165) is 10.6 Å². The summed E-state index contributed by atoms with van der Waals surface area (Å²) in [4.78, 5) is 24.8. The number of thioether (sulfide) groups is 1. The molecule has 1 aromatic rings. The second-order valence-electron chi connectivity index (χ2n) is 4.29. The lowest BCUT2D eigenvalue weighted by molar-refractivity contribution is -0.0577. The van der Waals surface area contributed by atoms with E-state index in [-0.39, 0.29) is 6.61 Å². The largest absolute Gasteiger partial charge is 0.394 e. The summed E-state index contributed by atoms with van der Waals surface area (Å²) in [5.74, 6) is 0.328. The highest BCUT2D eigenvalue weighted by Crippen LogP contribution is 2.30. The van der Waals surface area contributed by atoms with E-state index in [1.807, 2.05) is 6.26 Å². The summed E-state index contributed by atoms with van der Waals surface area (Å²) in [7, 11) is 0. The fraction of sp³-hybridized carbons (Fsp3) is 0.636. The third-order valence-electron chi connectivity index (χ3n) is 2.99. The van der Waals surface area contributed by atoms with Crippen LogP contribution in [0.4, 0.5) is 0 Å². The zero-order valence-corrected chi connectivity index (χ0v) is 11.6. The Hall–Kier alpha value is -1.13. The average molecular weight is 304 g/mol. The van der Waals surface area contributed by atoms with Gasteiger partial charge in [-0.2, -0.15) is 0 Å². The molecule has 1 fully saturated rings. The summed E-state index contributed by atoms with van der Waals surface area (Å²) in [6.45, 7) is -0.343. The van der Waals surface area contributed by atoms with Gasteiger partial charge in [0.15, 0.2) is 6.23 Å². The van der Waals surface area contributed by atoms with Crippen LogP contribution in [0.5, 0.6) is 0 Å². The predicted octanol–water partition coefficient (Wildman–Crippen LogP) is -1.51. The Labute approximate surface area is 118 Å². The lowest BCUT2D eigenvalue weighted by Crippen LogP contribution is -2.39. The monoisotopic (exact) mass is 304 g/mol. The van der Waals surface area contributed by atoms with E-state index in [1.165, 1.54) is 18.0 Å². The number of rotatable bonds is 5. The van der Waals surface area contributed by atoms with Gasteiger partial charge in [-0.3, -0.25) is 14.3 Å². The first-order valence-electron chi connectivity index (χ1n) is 5.95. The van der Waals surface area contributed by atoms with Crippen LogP contribution < -0.4 is 11.2 Å². The highest BCUT2D eigenvalue weighted by atomic mass is 32.2. The minimum atomic E-state index is -1.12. The SMILES string of the molecule is CSCO[C@@H]1C(O)[C@H](n2ccc(=O)[nH]c2=O)O[C@@H]1CO. The molecule has 1 unspecified atom stereocenters. The Morgan fingerprint density at radius 2 is 2.30 bits per heavy atom. The third kappa shape index (κ3) is 2.96. The Morgan fingerprint density at radius 3 is 2.90 bits per heavy atom. The Bertz CT molecular complexity index is 558. The number of nitrogens with one attached hydrogen (secondary N) is 1. The first kappa shape index (κ1) is 15.3. The van der Waals surface area contributed by atoms with Crippen LogP contribution in [0.15, 0.2) is 21.9 Å². The molecule has 1 aliphatic rings. The molecule has 4 atom stereocenters. The van der Waals surface area contributed by atoms with Crippen molar-refractivity contribution < 1.29 is 19.7 Å². The molecule has 3 N–H and O–H groups in total. The molecular weight excluding hydrogens is 288 g/mol. The molecule has 9 heteroatoms. The molecule has 0 bridgehead atoms. The number of aromatic nitrogens is 2. The minimum Gasteiger partial charge on any atom is -0.394 e. The van der Waals surface area contributed by atoms with Gasteiger partial charge < -0.3 is 19.7 Å². The van der Waals surface area contributed by atoms with Gasteiger partial charge in [-0.25, -0.2) is 4.79 Å². The molecule has 20 heavy (non-hydrogen) atoms. The first-order valence-corrected chi connectivity index (χ1v) is 7.34. The Balaban J connectivity index is 2.25. The van der Waals surface area contributed by atoms with Crippen molar-refractivity contribution in [1.29, 1.82) is 0 Å². The number of aliphatic hydroxyl groups excluding tert-OH is 2. The molecule has 8 nitrogen and oxygen atoms in total. The number of H-pyrrole nitrogens is 1. The smallest absolute Gasteiger partial charge is 0.330 e. The van der Waals surface area contributed by atoms with Gasteiger partial charge in [-0.1, -0.05) is 0 Å². The summed E-state index contributed by atoms with van der Waals surface area (Å²) in [6.07, 6.45) is -0.538. The summed E-state index contributed by atoms with van der Waals surface area (Å²) in [5, 5.41) is 19.5. The average Bonchev–Trinajstić information content (AvgIpc) is 2.73. The van der Waals surface area contributed by atoms with Crippen LogP contribution in [0.25, 0.3) is 0 Å². The molecule has 2 rings (SSSR count). The van der Waals surface area contributed by atoms with Crippen LogP contribution in [-0.2, 0) is 9.47 Å². The number of ether oxygens (including phenoxy) is 2. The van der Waals surface area contributed by atoms with Crippen molar-refractivity contribution in [2.24, 2.45) is 0 Å². The lowest BCUT2D eigenvalue weighted by atomic mass is 10.1. The number of aromatic amines is 1. The molecule has 0 saturated carbocycles. The summed E-state index contributed by atoms with van der Waals surface area (Å²) < 4.78 is 11.9. The fourth-order valence-corrected chi connectivity index (χ4v) is 2.37. The zero-order valence-electron chi connectivity index (χ0n) is 10.8. The van der Waals surface area contributed by atoms with E-state index in [4.69, 9.17) is 9.47 Å². The lowest BCUT2D eigenvalue weighted by Gasteiger charge is -2.19. The van der Waals surface area contributed by atoms with Crippen LogP contribution in [0.3, 0.4) is 0 Å². The molecule has 0 spiro atoms. The maximum absolute atomic E-state index is 11.7. The van der Waals surface area contributed by atoms with E-state index < -0.39 is 35.8 Å². The summed E-state index contributed by atoms with van der Waals surface area (Å²) in [5.41, 5.74) is -1.23. The molecule has 0 aromatic carbocycles. The topological polar surface area (TPSA) is 114 Å². The van der Waals surface area contributed by atoms with Crippen molar-refractivity contribution in [2.45, 2.75) is 24.5 Å². The van der Waals surface area contributed by atoms with Gasteiger partial charge in [0.25, 0.3) is 5.56 Å². The van der Waals surface area contributed by atoms with Gasteiger partial charge >= 0.3 is 5.69 Å². The van der Waals surface area contributed by atoms with Gasteiger partial charge in [0.1, 0.15) is 18.3 Å². The van der Waals surface area contributed by atoms with Crippen molar-refractivity contribution in [3.05, 3.63) is 33.1 Å². The van der Waals surface area contributed by atoms with Crippen molar-refractivity contribution in [2.75, 3.05) is 18.8 Å². The maximum Gasteiger partial charge on any atom is 0.330 e. The van der Waals surface area contributed by atoms with Gasteiger partial charge in [0.05, 0.1) is 12.5 Å². The second-order valence-corrected chi connectivity index (χ2v) is 5.11. The fourth-order valence-electron chi connectivity index (χ4n) is 2.08. The Morgan fingerprint density at radius 1 is 1.55 bits per heavy atom. The van der Waals surface area contributed by atoms with E-state index in [1.54, 1.807) is 0 Å². The molecule has 2 heterocycles. The summed E-state index contributed by atoms with van der Waals surface area (Å²) in [6, 6.07) is 1.15. The normalized spacial score (nSPS) is 29.8. The van der Waals surface area contributed by atoms with E-state index in [2.05, 4.69) is 4.98 Å². The van der Waals surface area contributed by atoms with Gasteiger partial charge in [-0.05, 0) is 6.26 Å². The van der Waals surface area contributed by atoms with Crippen LogP contribution in [0.1, 0.15) is 6.23 Å². The van der Waals surface area contributed by atoms with Gasteiger partial charge in [0, 0.05) is 12.3 Å². The zero-order chi connectivity index (χ0) is 14.7. The number of aliphatic hydroxyl groups is 2. The van der Waals surface area contributed by atoms with Gasteiger partial charge in [0.2, 0.25) is 0 Å². The van der Waals surface area contributed by atoms with Crippen molar-refractivity contribution in [1.82, 2.24) is 9.55 Å². The molecule has 0 aliphatic carbocycles. The quantitative estimate of drug-likeness (QED) is 0.567. The van der Waals surface area contributed by atoms with Crippen molar-refractivity contribution >= 4 is 11.8 Å². The Kier molecular flexibility index (Phi) is 5.00. The van der Waals surface area contributed by atoms with Crippen LogP contribution in [0.2, 0.25) is 0 Å². The third-order valence-corrected chi connectivity index (χ3v) is 3.36. The van der Waals surface area contributed by atoms with Crippen molar-refractivity contribution in [3.8, 4) is 0 Å². The van der Waals surface area contributed by atoms with E-state index >= 15 is 0 Å². The highest BCUT2D eigenvalue weighted by molar-refractivity contribution is 7.98. The number of hydrogen-bond donors (Lipinski definition) is 3. The molecule has 1 saturated heterocycles. The van der Waals surface area contributed by atoms with Gasteiger partial charge in [-0.15, -0.1) is 11.8 Å². The first-order chi connectivity index (χ1) is 9.58. The second kappa shape index (κ2) is 6.55. The van der Waals surface area contributed by atoms with Crippen LogP contribution >= 0.6 is 11.8 Å². The van der Waals surface area contributed by atoms with Crippen molar-refractivity contribution in [3.63, 3.8) is 0 Å². The van der Waals surface area contributed by atoms with E-state index in [9.17, 15) is 19.8 Å². The molecular formula is C11H16N2O6S. The molecule has 1 aliphatic heterocycles. The maximum atomic E-state index is 11.7. The molecule has 112 valence electrons. The predicted molar refractivity (Wildman–Crippen MR) is 71.6 cm³/mol. The molecule has 0 amide bonds. The number of nitrogens with zero attached hydrogens (tertiary/aromatic N) is 1. The molecule has 0 radical (unpaired) electrons. The molecule has 1 aromatic heterocycles. The standard InChI is InChI=1S/C11H16N2O6S/c1-20-5-18-9-6(4-14)19-10(8(9)16)13-3-2-7(15)12-11(13)17/h2-3,6,8-10,14,16H,4-5H2,1H3,(H,12,15,17)/t6-,8?,9+,10-/m1/s1. The van der Waals surface area contributed by atoms with Crippen LogP contribution in [0, 0.1) is 0 Å². The minimum absolute atomic E-state index is 0.328. The van der Waals surface area contributed by atoms with Crippen LogP contribution in [-0.4, -0.2) is 56.9 Å². The van der Waals surface area contributed by atoms with E-state index in [0.29, 0.717) is 5.94 Å².